The number of benzene rings is 1. The lowest BCUT2D eigenvalue weighted by atomic mass is 10.2. The van der Waals surface area contributed by atoms with Crippen LogP contribution in [0.2, 0.25) is 0 Å². The molecule has 0 amide bonds. The Morgan fingerprint density at radius 1 is 1.24 bits per heavy atom. The van der Waals surface area contributed by atoms with Gasteiger partial charge in [-0.25, -0.2) is 13.1 Å². The molecule has 0 bridgehead atoms. The zero-order chi connectivity index (χ0) is 12.7. The van der Waals surface area contributed by atoms with E-state index in [-0.39, 0.29) is 11.4 Å². The monoisotopic (exact) mass is 253 g/mol. The molecule has 4 nitrogen and oxygen atoms in total. The van der Waals surface area contributed by atoms with Crippen LogP contribution in [0.5, 0.6) is 0 Å². The molecule has 0 saturated heterocycles. The van der Waals surface area contributed by atoms with E-state index in [0.29, 0.717) is 12.7 Å². The molecule has 0 aliphatic carbocycles. The highest BCUT2D eigenvalue weighted by Gasteiger charge is 2.11. The highest BCUT2D eigenvalue weighted by Crippen LogP contribution is 2.09. The number of carbonyl (C=O) groups excluding carboxylic acids is 1. The fraction of sp³-hybridized carbons (Fsp3) is 0.250. The maximum absolute atomic E-state index is 11.8. The van der Waals surface area contributed by atoms with Gasteiger partial charge in [0.1, 0.15) is 6.29 Å². The molecule has 0 aliphatic rings. The SMILES string of the molecule is Cc1ccc(S(=O)(=O)NCC/C=C/C=O)cc1. The molecule has 0 unspecified atom stereocenters. The predicted octanol–water partition coefficient (Wildman–Crippen LogP) is 1.42. The zero-order valence-electron chi connectivity index (χ0n) is 9.59. The molecule has 1 N–H and O–H groups in total. The van der Waals surface area contributed by atoms with Crippen LogP contribution < -0.4 is 4.72 Å². The lowest BCUT2D eigenvalue weighted by Crippen LogP contribution is -2.24. The van der Waals surface area contributed by atoms with E-state index in [9.17, 15) is 13.2 Å². The lowest BCUT2D eigenvalue weighted by Gasteiger charge is -2.05. The van der Waals surface area contributed by atoms with E-state index in [0.717, 1.165) is 5.56 Å². The molecule has 0 fully saturated rings. The maximum Gasteiger partial charge on any atom is 0.240 e. The van der Waals surface area contributed by atoms with Crippen molar-refractivity contribution >= 4 is 16.3 Å². The van der Waals surface area contributed by atoms with Gasteiger partial charge in [-0.2, -0.15) is 0 Å². The third-order valence-electron chi connectivity index (χ3n) is 2.15. The summed E-state index contributed by atoms with van der Waals surface area (Å²) in [5.74, 6) is 0. The van der Waals surface area contributed by atoms with Crippen LogP contribution in [0, 0.1) is 6.92 Å². The van der Waals surface area contributed by atoms with Crippen LogP contribution in [0.4, 0.5) is 0 Å². The van der Waals surface area contributed by atoms with Gasteiger partial charge in [-0.3, -0.25) is 4.79 Å². The summed E-state index contributed by atoms with van der Waals surface area (Å²) in [6.07, 6.45) is 4.11. The summed E-state index contributed by atoms with van der Waals surface area (Å²) in [6.45, 7) is 2.18. The van der Waals surface area contributed by atoms with Crippen LogP contribution in [0.15, 0.2) is 41.3 Å². The van der Waals surface area contributed by atoms with Crippen molar-refractivity contribution in [3.63, 3.8) is 0 Å². The van der Waals surface area contributed by atoms with Crippen LogP contribution >= 0.6 is 0 Å². The summed E-state index contributed by atoms with van der Waals surface area (Å²) >= 11 is 0. The number of carbonyl (C=O) groups is 1. The first-order valence-electron chi connectivity index (χ1n) is 5.23. The molecule has 1 aromatic carbocycles. The number of aryl methyl sites for hydroxylation is 1. The van der Waals surface area contributed by atoms with Crippen LogP contribution in [0.1, 0.15) is 12.0 Å². The lowest BCUT2D eigenvalue weighted by molar-refractivity contribution is -0.104. The minimum Gasteiger partial charge on any atom is -0.299 e. The third kappa shape index (κ3) is 4.50. The Hall–Kier alpha value is -1.46. The number of hydrogen-bond donors (Lipinski definition) is 1. The van der Waals surface area contributed by atoms with Crippen molar-refractivity contribution in [3.8, 4) is 0 Å². The number of sulfonamides is 1. The Bertz CT molecular complexity index is 489. The molecule has 0 saturated carbocycles. The Balaban J connectivity index is 2.60. The second kappa shape index (κ2) is 6.32. The Morgan fingerprint density at radius 3 is 2.47 bits per heavy atom. The third-order valence-corrected chi connectivity index (χ3v) is 3.63. The van der Waals surface area contributed by atoms with E-state index in [1.807, 2.05) is 6.92 Å². The molecular weight excluding hydrogens is 238 g/mol. The van der Waals surface area contributed by atoms with Gasteiger partial charge in [0.05, 0.1) is 4.90 Å². The van der Waals surface area contributed by atoms with Crippen LogP contribution in [0.25, 0.3) is 0 Å². The molecule has 0 radical (unpaired) electrons. The van der Waals surface area contributed by atoms with Gasteiger partial charge < -0.3 is 0 Å². The fourth-order valence-electron chi connectivity index (χ4n) is 1.23. The number of hydrogen-bond acceptors (Lipinski definition) is 3. The Kier molecular flexibility index (Phi) is 5.06. The number of allylic oxidation sites excluding steroid dienone is 1. The molecule has 1 aromatic rings. The van der Waals surface area contributed by atoms with Crippen LogP contribution in [-0.2, 0) is 14.8 Å². The summed E-state index contributed by atoms with van der Waals surface area (Å²) in [5.41, 5.74) is 1.01. The molecule has 1 rings (SSSR count). The van der Waals surface area contributed by atoms with E-state index in [1.165, 1.54) is 6.08 Å². The number of rotatable bonds is 6. The molecular formula is C12H15NO3S. The molecule has 0 heterocycles. The van der Waals surface area contributed by atoms with Gasteiger partial charge in [-0.15, -0.1) is 0 Å². The maximum atomic E-state index is 11.8. The van der Waals surface area contributed by atoms with Crippen molar-refractivity contribution in [1.29, 1.82) is 0 Å². The second-order valence-corrected chi connectivity index (χ2v) is 5.33. The van der Waals surface area contributed by atoms with Crippen LogP contribution in [-0.4, -0.2) is 21.2 Å². The first-order valence-corrected chi connectivity index (χ1v) is 6.71. The molecule has 0 aromatic heterocycles. The van der Waals surface area contributed by atoms with E-state index >= 15 is 0 Å². The highest BCUT2D eigenvalue weighted by molar-refractivity contribution is 7.89. The van der Waals surface area contributed by atoms with Gasteiger partial charge in [-0.05, 0) is 31.6 Å². The summed E-state index contributed by atoms with van der Waals surface area (Å²) in [4.78, 5) is 10.2. The van der Waals surface area contributed by atoms with Crippen LogP contribution in [0.3, 0.4) is 0 Å². The van der Waals surface area contributed by atoms with Crippen molar-refractivity contribution in [3.05, 3.63) is 42.0 Å². The van der Waals surface area contributed by atoms with Gasteiger partial charge in [0.2, 0.25) is 10.0 Å². The minimum absolute atomic E-state index is 0.252. The van der Waals surface area contributed by atoms with Gasteiger partial charge in [0.25, 0.3) is 0 Å². The van der Waals surface area contributed by atoms with Crippen molar-refractivity contribution in [2.45, 2.75) is 18.2 Å². The summed E-state index contributed by atoms with van der Waals surface area (Å²) in [6, 6.07) is 6.64. The first kappa shape index (κ1) is 13.6. The largest absolute Gasteiger partial charge is 0.299 e. The van der Waals surface area contributed by atoms with E-state index in [4.69, 9.17) is 0 Å². The van der Waals surface area contributed by atoms with Crippen molar-refractivity contribution in [2.24, 2.45) is 0 Å². The molecule has 0 atom stereocenters. The van der Waals surface area contributed by atoms with Gasteiger partial charge in [0.15, 0.2) is 0 Å². The van der Waals surface area contributed by atoms with E-state index in [2.05, 4.69) is 4.72 Å². The summed E-state index contributed by atoms with van der Waals surface area (Å²) < 4.78 is 26.0. The number of aldehydes is 1. The minimum atomic E-state index is -3.44. The molecule has 92 valence electrons. The van der Waals surface area contributed by atoms with E-state index < -0.39 is 10.0 Å². The first-order chi connectivity index (χ1) is 8.06. The van der Waals surface area contributed by atoms with Gasteiger partial charge in [-0.1, -0.05) is 23.8 Å². The van der Waals surface area contributed by atoms with Gasteiger partial charge >= 0.3 is 0 Å². The Labute approximate surface area is 101 Å². The normalized spacial score (nSPS) is 11.8. The Morgan fingerprint density at radius 2 is 1.88 bits per heavy atom. The molecule has 0 aliphatic heterocycles. The summed E-state index contributed by atoms with van der Waals surface area (Å²) in [7, 11) is -3.44. The average Bonchev–Trinajstić information content (AvgIpc) is 2.29. The second-order valence-electron chi connectivity index (χ2n) is 3.56. The zero-order valence-corrected chi connectivity index (χ0v) is 10.4. The smallest absolute Gasteiger partial charge is 0.240 e. The topological polar surface area (TPSA) is 63.2 Å². The molecule has 0 spiro atoms. The predicted molar refractivity (Wildman–Crippen MR) is 66.2 cm³/mol. The molecule has 17 heavy (non-hydrogen) atoms. The molecule has 5 heteroatoms. The number of nitrogens with one attached hydrogen (secondary N) is 1. The van der Waals surface area contributed by atoms with Gasteiger partial charge in [0, 0.05) is 6.54 Å². The van der Waals surface area contributed by atoms with E-state index in [1.54, 1.807) is 30.3 Å². The van der Waals surface area contributed by atoms with Crippen molar-refractivity contribution in [1.82, 2.24) is 4.72 Å². The average molecular weight is 253 g/mol. The quantitative estimate of drug-likeness (QED) is 0.474. The fourth-order valence-corrected chi connectivity index (χ4v) is 2.28. The summed E-state index contributed by atoms with van der Waals surface area (Å²) in [5, 5.41) is 0. The standard InChI is InChI=1S/C12H15NO3S/c1-11-5-7-12(8-6-11)17(15,16)13-9-3-2-4-10-14/h2,4-8,10,13H,3,9H2,1H3/b4-2+. The highest BCUT2D eigenvalue weighted by atomic mass is 32.2. The van der Waals surface area contributed by atoms with Crippen molar-refractivity contribution < 1.29 is 13.2 Å². The van der Waals surface area contributed by atoms with Crippen molar-refractivity contribution in [2.75, 3.05) is 6.54 Å².